The van der Waals surface area contributed by atoms with E-state index < -0.39 is 5.60 Å². The Labute approximate surface area is 291 Å². The maximum absolute atomic E-state index is 13.5. The van der Waals surface area contributed by atoms with Gasteiger partial charge in [0.25, 0.3) is 0 Å². The third kappa shape index (κ3) is 13.3. The van der Waals surface area contributed by atoms with Crippen LogP contribution >= 0.6 is 24.2 Å². The topological polar surface area (TPSA) is 87.1 Å². The summed E-state index contributed by atoms with van der Waals surface area (Å²) >= 11 is 10.0. The first-order valence-electron chi connectivity index (χ1n) is 16.0. The molecule has 2 aromatic carbocycles. The molecule has 4 aromatic rings. The van der Waals surface area contributed by atoms with E-state index in [-0.39, 0.29) is 5.82 Å². The first-order valence-corrected chi connectivity index (χ1v) is 17.3. The van der Waals surface area contributed by atoms with Crippen molar-refractivity contribution in [2.24, 2.45) is 0 Å². The van der Waals surface area contributed by atoms with Crippen LogP contribution in [0.4, 0.5) is 4.39 Å². The third-order valence-electron chi connectivity index (χ3n) is 7.20. The van der Waals surface area contributed by atoms with Gasteiger partial charge in [0.2, 0.25) is 6.41 Å². The molecular formula is C38H52ClFN4O2S. The van der Waals surface area contributed by atoms with E-state index in [1.54, 1.807) is 26.3 Å². The molecule has 0 aliphatic heterocycles. The standard InChI is InChI=1S/C30H31ClFN3.C5H11NO2.C2H6.CH4S/c1-5-19(3)26-18-25(35-29(20(26)4)21-9-11-24(32)12-10-21)13-15-33-28(6-2)23-16-22-8-7-14-34-30(22)27(31)17-23;1-5(2,8)3-6-4-7;2*1-2/h6-12,14,16-19,33H,5,13,15H2,1-4H3;4,8H,3H2,1-2H3,(H,6,7);1-2H3;2H,1H3/b28-6-;;;. The molecule has 0 bridgehead atoms. The van der Waals surface area contributed by atoms with Gasteiger partial charge in [0.15, 0.2) is 0 Å². The van der Waals surface area contributed by atoms with Crippen molar-refractivity contribution >= 4 is 47.2 Å². The van der Waals surface area contributed by atoms with Crippen LogP contribution in [0.5, 0.6) is 0 Å². The number of thiol groups is 1. The summed E-state index contributed by atoms with van der Waals surface area (Å²) in [4.78, 5) is 19.0. The van der Waals surface area contributed by atoms with Crippen molar-refractivity contribution in [3.05, 3.63) is 100 Å². The molecule has 1 atom stereocenters. The molecule has 0 aliphatic carbocycles. The maximum atomic E-state index is 13.5. The molecule has 0 saturated carbocycles. The molecule has 1 amide bonds. The summed E-state index contributed by atoms with van der Waals surface area (Å²) in [5, 5.41) is 16.5. The minimum atomic E-state index is -0.791. The molecule has 256 valence electrons. The van der Waals surface area contributed by atoms with Gasteiger partial charge in [-0.15, -0.1) is 0 Å². The number of nitrogens with one attached hydrogen (secondary N) is 2. The number of aliphatic hydroxyl groups is 1. The number of halogens is 2. The Hall–Kier alpha value is -3.46. The van der Waals surface area contributed by atoms with Gasteiger partial charge in [-0.25, -0.2) is 4.39 Å². The van der Waals surface area contributed by atoms with Crippen molar-refractivity contribution in [1.82, 2.24) is 20.6 Å². The molecule has 0 fully saturated rings. The lowest BCUT2D eigenvalue weighted by Gasteiger charge is -2.19. The lowest BCUT2D eigenvalue weighted by Crippen LogP contribution is -2.33. The quantitative estimate of drug-likeness (QED) is 0.0936. The minimum Gasteiger partial charge on any atom is -0.389 e. The van der Waals surface area contributed by atoms with Crippen molar-refractivity contribution in [3.63, 3.8) is 0 Å². The van der Waals surface area contributed by atoms with E-state index in [0.29, 0.717) is 23.9 Å². The zero-order valence-electron chi connectivity index (χ0n) is 29.3. The second-order valence-corrected chi connectivity index (χ2v) is 11.6. The van der Waals surface area contributed by atoms with E-state index in [1.165, 1.54) is 17.7 Å². The first-order chi connectivity index (χ1) is 22.5. The van der Waals surface area contributed by atoms with Crippen LogP contribution < -0.4 is 10.6 Å². The number of carbonyl (C=O) groups is 1. The van der Waals surface area contributed by atoms with Gasteiger partial charge in [0.1, 0.15) is 5.82 Å². The van der Waals surface area contributed by atoms with Gasteiger partial charge in [-0.3, -0.25) is 14.8 Å². The monoisotopic (exact) mass is 682 g/mol. The van der Waals surface area contributed by atoms with Crippen LogP contribution in [0.1, 0.15) is 83.2 Å². The van der Waals surface area contributed by atoms with E-state index in [9.17, 15) is 9.18 Å². The van der Waals surface area contributed by atoms with Crippen molar-refractivity contribution in [1.29, 1.82) is 0 Å². The Bertz CT molecular complexity index is 1560. The zero-order chi connectivity index (χ0) is 35.6. The van der Waals surface area contributed by atoms with Crippen LogP contribution in [0.25, 0.3) is 27.9 Å². The largest absolute Gasteiger partial charge is 0.389 e. The molecule has 0 radical (unpaired) electrons. The first kappa shape index (κ1) is 41.6. The Kier molecular flexibility index (Phi) is 18.9. The van der Waals surface area contributed by atoms with Gasteiger partial charge in [0.05, 0.1) is 21.8 Å². The second kappa shape index (κ2) is 21.4. The Morgan fingerprint density at radius 2 is 1.79 bits per heavy atom. The molecule has 6 nitrogen and oxygen atoms in total. The number of pyridine rings is 2. The summed E-state index contributed by atoms with van der Waals surface area (Å²) in [5.41, 5.74) is 7.42. The van der Waals surface area contributed by atoms with Crippen LogP contribution in [0.3, 0.4) is 0 Å². The maximum Gasteiger partial charge on any atom is 0.207 e. The van der Waals surface area contributed by atoms with Crippen LogP contribution in [0.15, 0.2) is 66.9 Å². The fourth-order valence-electron chi connectivity index (χ4n) is 4.72. The SMILES string of the molecule is C/C=C(\NCCc1cc(C(C)CC)c(C)c(-c2ccc(F)cc2)n1)c1cc(Cl)c2ncccc2c1.CC.CC(C)(O)CNC=O.CS. The van der Waals surface area contributed by atoms with E-state index in [2.05, 4.69) is 67.2 Å². The summed E-state index contributed by atoms with van der Waals surface area (Å²) in [6, 6.07) is 16.8. The third-order valence-corrected chi connectivity index (χ3v) is 7.49. The van der Waals surface area contributed by atoms with Crippen LogP contribution in [0, 0.1) is 12.7 Å². The van der Waals surface area contributed by atoms with Crippen molar-refractivity contribution in [3.8, 4) is 11.3 Å². The molecule has 0 saturated heterocycles. The lowest BCUT2D eigenvalue weighted by molar-refractivity contribution is -0.110. The number of amides is 1. The molecule has 1 unspecified atom stereocenters. The lowest BCUT2D eigenvalue weighted by atomic mass is 9.91. The number of hydrogen-bond donors (Lipinski definition) is 4. The summed E-state index contributed by atoms with van der Waals surface area (Å²) < 4.78 is 13.5. The molecule has 47 heavy (non-hydrogen) atoms. The van der Waals surface area contributed by atoms with E-state index in [1.807, 2.05) is 51.1 Å². The Morgan fingerprint density at radius 3 is 2.34 bits per heavy atom. The highest BCUT2D eigenvalue weighted by Gasteiger charge is 2.15. The number of benzene rings is 2. The van der Waals surface area contributed by atoms with Gasteiger partial charge in [-0.1, -0.05) is 51.4 Å². The minimum absolute atomic E-state index is 0.239. The highest BCUT2D eigenvalue weighted by molar-refractivity contribution is 7.79. The van der Waals surface area contributed by atoms with Crippen LogP contribution in [0.2, 0.25) is 5.02 Å². The Balaban J connectivity index is 0.000000797. The highest BCUT2D eigenvalue weighted by atomic mass is 35.5. The number of allylic oxidation sites excluding steroid dienone is 1. The van der Waals surface area contributed by atoms with E-state index in [0.717, 1.165) is 64.1 Å². The zero-order valence-corrected chi connectivity index (χ0v) is 30.9. The summed E-state index contributed by atoms with van der Waals surface area (Å²) in [6.07, 6.45) is 7.89. The predicted octanol–water partition coefficient (Wildman–Crippen LogP) is 9.18. The molecule has 2 aromatic heterocycles. The average Bonchev–Trinajstić information content (AvgIpc) is 3.08. The molecule has 3 N–H and O–H groups in total. The van der Waals surface area contributed by atoms with Crippen LogP contribution in [-0.2, 0) is 11.2 Å². The fraction of sp³-hybridized carbons (Fsp3) is 0.395. The number of rotatable bonds is 11. The number of aromatic nitrogens is 2. The molecule has 4 rings (SSSR count). The average molecular weight is 683 g/mol. The van der Waals surface area contributed by atoms with Crippen molar-refractivity contribution in [2.45, 2.75) is 79.8 Å². The van der Waals surface area contributed by atoms with Gasteiger partial charge in [-0.05, 0) is 112 Å². The second-order valence-electron chi connectivity index (χ2n) is 11.2. The summed E-state index contributed by atoms with van der Waals surface area (Å²) in [5.74, 6) is 0.181. The van der Waals surface area contributed by atoms with Gasteiger partial charge < -0.3 is 15.7 Å². The molecule has 2 heterocycles. The number of hydrogen-bond acceptors (Lipinski definition) is 6. The van der Waals surface area contributed by atoms with Gasteiger partial charge >= 0.3 is 0 Å². The van der Waals surface area contributed by atoms with Gasteiger partial charge in [0, 0.05) is 48.0 Å². The molecular weight excluding hydrogens is 631 g/mol. The van der Waals surface area contributed by atoms with E-state index in [4.69, 9.17) is 21.7 Å². The Morgan fingerprint density at radius 1 is 1.13 bits per heavy atom. The van der Waals surface area contributed by atoms with Crippen molar-refractivity contribution in [2.75, 3.05) is 19.3 Å². The number of fused-ring (bicyclic) bond motifs is 1. The summed E-state index contributed by atoms with van der Waals surface area (Å²) in [6.45, 7) is 16.9. The normalized spacial score (nSPS) is 11.6. The molecule has 9 heteroatoms. The van der Waals surface area contributed by atoms with Crippen LogP contribution in [-0.4, -0.2) is 46.4 Å². The van der Waals surface area contributed by atoms with Crippen molar-refractivity contribution < 1.29 is 14.3 Å². The number of nitrogens with zero attached hydrogens (tertiary/aromatic N) is 2. The van der Waals surface area contributed by atoms with Gasteiger partial charge in [-0.2, -0.15) is 12.6 Å². The fourth-order valence-corrected chi connectivity index (χ4v) is 5.00. The molecule has 0 spiro atoms. The highest BCUT2D eigenvalue weighted by Crippen LogP contribution is 2.31. The number of carbonyl (C=O) groups excluding carboxylic acids is 1. The smallest absolute Gasteiger partial charge is 0.207 e. The summed E-state index contributed by atoms with van der Waals surface area (Å²) in [7, 11) is 0. The molecule has 0 aliphatic rings. The predicted molar refractivity (Wildman–Crippen MR) is 202 cm³/mol. The van der Waals surface area contributed by atoms with E-state index >= 15 is 0 Å².